The Balaban J connectivity index is 2.24. The average molecular weight is 240 g/mol. The van der Waals surface area contributed by atoms with E-state index in [1.807, 2.05) is 12.3 Å². The molecule has 1 aromatic heterocycles. The molecule has 2 rings (SSSR count). The lowest BCUT2D eigenvalue weighted by Crippen LogP contribution is -2.13. The molecule has 0 spiro atoms. The van der Waals surface area contributed by atoms with Gasteiger partial charge in [-0.1, -0.05) is 31.2 Å². The van der Waals surface area contributed by atoms with E-state index in [1.165, 1.54) is 16.5 Å². The minimum Gasteiger partial charge on any atom is -0.317 e. The lowest BCUT2D eigenvalue weighted by Gasteiger charge is -2.06. The van der Waals surface area contributed by atoms with E-state index in [-0.39, 0.29) is 0 Å². The molecule has 0 saturated carbocycles. The molecule has 0 unspecified atom stereocenters. The molecule has 18 heavy (non-hydrogen) atoms. The lowest BCUT2D eigenvalue weighted by molar-refractivity contribution is 0.727. The smallest absolute Gasteiger partial charge is 0.0708 e. The first kappa shape index (κ1) is 12.8. The molecule has 0 saturated heterocycles. The Hall–Kier alpha value is -1.67. The van der Waals surface area contributed by atoms with Gasteiger partial charge >= 0.3 is 0 Å². The van der Waals surface area contributed by atoms with Crippen molar-refractivity contribution in [3.05, 3.63) is 48.2 Å². The van der Waals surface area contributed by atoms with Crippen molar-refractivity contribution in [2.75, 3.05) is 13.1 Å². The van der Waals surface area contributed by atoms with Crippen LogP contribution in [0.2, 0.25) is 0 Å². The van der Waals surface area contributed by atoms with E-state index in [9.17, 15) is 0 Å². The van der Waals surface area contributed by atoms with Gasteiger partial charge in [0.05, 0.1) is 5.52 Å². The summed E-state index contributed by atoms with van der Waals surface area (Å²) in [5, 5.41) is 4.57. The maximum atomic E-state index is 4.39. The first-order chi connectivity index (χ1) is 8.83. The van der Waals surface area contributed by atoms with Crippen molar-refractivity contribution in [1.29, 1.82) is 0 Å². The van der Waals surface area contributed by atoms with Crippen LogP contribution in [-0.2, 0) is 0 Å². The van der Waals surface area contributed by atoms with Crippen LogP contribution in [0.5, 0.6) is 0 Å². The highest BCUT2D eigenvalue weighted by Gasteiger charge is 2.02. The van der Waals surface area contributed by atoms with E-state index in [0.29, 0.717) is 0 Å². The minimum absolute atomic E-state index is 1.03. The summed E-state index contributed by atoms with van der Waals surface area (Å²) in [6.07, 6.45) is 5.21. The van der Waals surface area contributed by atoms with Crippen LogP contribution >= 0.6 is 0 Å². The number of pyridine rings is 1. The van der Waals surface area contributed by atoms with Crippen LogP contribution in [0.1, 0.15) is 25.8 Å². The predicted octanol–water partition coefficient (Wildman–Crippen LogP) is 3.64. The number of hydrogen-bond acceptors (Lipinski definition) is 2. The topological polar surface area (TPSA) is 24.9 Å². The fourth-order valence-corrected chi connectivity index (χ4v) is 2.12. The summed E-state index contributed by atoms with van der Waals surface area (Å²) in [5.74, 6) is 0. The number of benzene rings is 1. The van der Waals surface area contributed by atoms with E-state index in [1.54, 1.807) is 0 Å². The van der Waals surface area contributed by atoms with Gasteiger partial charge in [0, 0.05) is 11.6 Å². The molecule has 0 atom stereocenters. The van der Waals surface area contributed by atoms with Crippen molar-refractivity contribution in [2.24, 2.45) is 0 Å². The van der Waals surface area contributed by atoms with Crippen LogP contribution in [0.15, 0.2) is 42.6 Å². The highest BCUT2D eigenvalue weighted by Crippen LogP contribution is 2.23. The quantitative estimate of drug-likeness (QED) is 0.807. The van der Waals surface area contributed by atoms with Crippen LogP contribution in [0.25, 0.3) is 16.5 Å². The molecule has 0 fully saturated rings. The summed E-state index contributed by atoms with van der Waals surface area (Å²) >= 11 is 0. The zero-order chi connectivity index (χ0) is 12.8. The molecule has 0 amide bonds. The zero-order valence-corrected chi connectivity index (χ0v) is 11.1. The lowest BCUT2D eigenvalue weighted by atomic mass is 10.0. The van der Waals surface area contributed by atoms with Crippen molar-refractivity contribution < 1.29 is 0 Å². The summed E-state index contributed by atoms with van der Waals surface area (Å²) in [5.41, 5.74) is 3.68. The second-order valence-corrected chi connectivity index (χ2v) is 4.41. The third kappa shape index (κ3) is 2.96. The van der Waals surface area contributed by atoms with Crippen LogP contribution < -0.4 is 5.32 Å². The van der Waals surface area contributed by atoms with Crippen LogP contribution in [0.4, 0.5) is 0 Å². The molecule has 0 aliphatic heterocycles. The van der Waals surface area contributed by atoms with Gasteiger partial charge in [0.2, 0.25) is 0 Å². The number of rotatable bonds is 5. The van der Waals surface area contributed by atoms with Gasteiger partial charge < -0.3 is 5.32 Å². The van der Waals surface area contributed by atoms with Gasteiger partial charge in [-0.05, 0) is 49.7 Å². The number of aromatic nitrogens is 1. The minimum atomic E-state index is 1.03. The SMILES string of the molecule is CCNCC/C=C(/C)c1cccc2ncccc12. The van der Waals surface area contributed by atoms with Gasteiger partial charge in [0.25, 0.3) is 0 Å². The van der Waals surface area contributed by atoms with E-state index in [0.717, 1.165) is 25.0 Å². The highest BCUT2D eigenvalue weighted by molar-refractivity contribution is 5.91. The van der Waals surface area contributed by atoms with E-state index < -0.39 is 0 Å². The molecule has 0 radical (unpaired) electrons. The predicted molar refractivity (Wildman–Crippen MR) is 78.6 cm³/mol. The third-order valence-corrected chi connectivity index (χ3v) is 3.09. The summed E-state index contributed by atoms with van der Waals surface area (Å²) < 4.78 is 0. The summed E-state index contributed by atoms with van der Waals surface area (Å²) in [4.78, 5) is 4.39. The number of nitrogens with zero attached hydrogens (tertiary/aromatic N) is 1. The summed E-state index contributed by atoms with van der Waals surface area (Å²) in [6, 6.07) is 10.4. The van der Waals surface area contributed by atoms with Crippen molar-refractivity contribution in [1.82, 2.24) is 10.3 Å². The fourth-order valence-electron chi connectivity index (χ4n) is 2.12. The largest absolute Gasteiger partial charge is 0.317 e. The highest BCUT2D eigenvalue weighted by atomic mass is 14.8. The van der Waals surface area contributed by atoms with Gasteiger partial charge in [-0.2, -0.15) is 0 Å². The molecular formula is C16H20N2. The fraction of sp³-hybridized carbons (Fsp3) is 0.312. The average Bonchev–Trinajstić information content (AvgIpc) is 2.43. The standard InChI is InChI=1S/C16H20N2/c1-3-17-11-5-7-13(2)14-8-4-10-16-15(14)9-6-12-18-16/h4,6-10,12,17H,3,5,11H2,1-2H3/b13-7-. The molecular weight excluding hydrogens is 220 g/mol. The van der Waals surface area contributed by atoms with Crippen molar-refractivity contribution in [2.45, 2.75) is 20.3 Å². The Morgan fingerprint density at radius 2 is 2.17 bits per heavy atom. The maximum Gasteiger partial charge on any atom is 0.0708 e. The number of allylic oxidation sites excluding steroid dienone is 1. The first-order valence-corrected chi connectivity index (χ1v) is 6.54. The summed E-state index contributed by atoms with van der Waals surface area (Å²) in [7, 11) is 0. The maximum absolute atomic E-state index is 4.39. The van der Waals surface area contributed by atoms with Gasteiger partial charge in [0.15, 0.2) is 0 Å². The Bertz CT molecular complexity index is 538. The van der Waals surface area contributed by atoms with E-state index in [4.69, 9.17) is 0 Å². The second kappa shape index (κ2) is 6.31. The molecule has 2 nitrogen and oxygen atoms in total. The Morgan fingerprint density at radius 3 is 3.00 bits per heavy atom. The first-order valence-electron chi connectivity index (χ1n) is 6.54. The van der Waals surface area contributed by atoms with Crippen molar-refractivity contribution in [3.8, 4) is 0 Å². The number of hydrogen-bond donors (Lipinski definition) is 1. The zero-order valence-electron chi connectivity index (χ0n) is 11.1. The molecule has 1 N–H and O–H groups in total. The second-order valence-electron chi connectivity index (χ2n) is 4.41. The van der Waals surface area contributed by atoms with Crippen molar-refractivity contribution in [3.63, 3.8) is 0 Å². The van der Waals surface area contributed by atoms with Crippen LogP contribution in [0.3, 0.4) is 0 Å². The molecule has 2 aromatic rings. The molecule has 2 heteroatoms. The van der Waals surface area contributed by atoms with Crippen LogP contribution in [-0.4, -0.2) is 18.1 Å². The molecule has 0 aliphatic rings. The Kier molecular flexibility index (Phi) is 4.48. The molecule has 1 aromatic carbocycles. The van der Waals surface area contributed by atoms with Crippen LogP contribution in [0, 0.1) is 0 Å². The number of fused-ring (bicyclic) bond motifs is 1. The van der Waals surface area contributed by atoms with Crippen molar-refractivity contribution >= 4 is 16.5 Å². The van der Waals surface area contributed by atoms with Gasteiger partial charge in [-0.25, -0.2) is 0 Å². The molecule has 0 bridgehead atoms. The normalized spacial score (nSPS) is 12.0. The molecule has 0 aliphatic carbocycles. The Morgan fingerprint density at radius 1 is 1.28 bits per heavy atom. The van der Waals surface area contributed by atoms with Gasteiger partial charge in [0.1, 0.15) is 0 Å². The number of nitrogens with one attached hydrogen (secondary N) is 1. The van der Waals surface area contributed by atoms with Gasteiger partial charge in [-0.3, -0.25) is 4.98 Å². The monoisotopic (exact) mass is 240 g/mol. The Labute approximate surface area is 109 Å². The van der Waals surface area contributed by atoms with Gasteiger partial charge in [-0.15, -0.1) is 0 Å². The van der Waals surface area contributed by atoms with E-state index in [2.05, 4.69) is 54.5 Å². The molecule has 1 heterocycles. The third-order valence-electron chi connectivity index (χ3n) is 3.09. The van der Waals surface area contributed by atoms with E-state index >= 15 is 0 Å². The molecule has 94 valence electrons. The summed E-state index contributed by atoms with van der Waals surface area (Å²) in [6.45, 7) is 6.38.